The van der Waals surface area contributed by atoms with Crippen LogP contribution in [0.4, 0.5) is 22.0 Å². The van der Waals surface area contributed by atoms with Crippen LogP contribution in [-0.4, -0.2) is 21.8 Å². The molecule has 0 radical (unpaired) electrons. The predicted molar refractivity (Wildman–Crippen MR) is 141 cm³/mol. The molecular formula is C30H21F5N4O2. The molecule has 2 amide bonds. The number of primary amides is 1. The number of aromatic amines is 1. The Morgan fingerprint density at radius 2 is 1.63 bits per heavy atom. The minimum Gasteiger partial charge on any atom is -0.366 e. The molecular weight excluding hydrogens is 543 g/mol. The number of nitrogens with two attached hydrogens (primary N) is 1. The largest absolute Gasteiger partial charge is 0.366 e. The van der Waals surface area contributed by atoms with Crippen molar-refractivity contribution in [3.63, 3.8) is 0 Å². The van der Waals surface area contributed by atoms with Crippen LogP contribution in [0.25, 0.3) is 22.0 Å². The zero-order valence-corrected chi connectivity index (χ0v) is 21.2. The summed E-state index contributed by atoms with van der Waals surface area (Å²) in [7, 11) is 0. The van der Waals surface area contributed by atoms with Gasteiger partial charge in [0, 0.05) is 41.0 Å². The number of rotatable bonds is 8. The lowest BCUT2D eigenvalue weighted by Crippen LogP contribution is -2.32. The summed E-state index contributed by atoms with van der Waals surface area (Å²) < 4.78 is 69.7. The summed E-state index contributed by atoms with van der Waals surface area (Å²) in [5.41, 5.74) is 6.88. The topological polar surface area (TPSA) is 101 Å². The highest BCUT2D eigenvalue weighted by atomic mass is 19.2. The Bertz CT molecular complexity index is 1780. The van der Waals surface area contributed by atoms with E-state index in [2.05, 4.69) is 15.3 Å². The minimum absolute atomic E-state index is 0.0952. The van der Waals surface area contributed by atoms with Crippen LogP contribution in [0, 0.1) is 29.1 Å². The van der Waals surface area contributed by atoms with Crippen LogP contribution in [0.5, 0.6) is 0 Å². The Labute approximate surface area is 230 Å². The molecule has 11 heteroatoms. The predicted octanol–water partition coefficient (Wildman–Crippen LogP) is 5.67. The van der Waals surface area contributed by atoms with E-state index in [1.807, 2.05) is 0 Å². The monoisotopic (exact) mass is 564 g/mol. The van der Waals surface area contributed by atoms with Crippen molar-refractivity contribution in [2.45, 2.75) is 18.9 Å². The molecule has 4 N–H and O–H groups in total. The molecule has 41 heavy (non-hydrogen) atoms. The highest BCUT2D eigenvalue weighted by molar-refractivity contribution is 5.94. The van der Waals surface area contributed by atoms with Gasteiger partial charge >= 0.3 is 0 Å². The van der Waals surface area contributed by atoms with Gasteiger partial charge in [-0.05, 0) is 59.5 Å². The number of hydrogen-bond acceptors (Lipinski definition) is 3. The van der Waals surface area contributed by atoms with Crippen molar-refractivity contribution in [1.82, 2.24) is 15.3 Å². The highest BCUT2D eigenvalue weighted by Crippen LogP contribution is 2.31. The third-order valence-corrected chi connectivity index (χ3v) is 6.57. The minimum atomic E-state index is -1.07. The van der Waals surface area contributed by atoms with Crippen LogP contribution < -0.4 is 11.1 Å². The molecule has 2 heterocycles. The third kappa shape index (κ3) is 5.93. The van der Waals surface area contributed by atoms with Crippen molar-refractivity contribution in [3.8, 4) is 11.1 Å². The van der Waals surface area contributed by atoms with Crippen LogP contribution in [0.2, 0.25) is 0 Å². The molecule has 0 spiro atoms. The van der Waals surface area contributed by atoms with E-state index >= 15 is 0 Å². The Hall–Kier alpha value is -5.06. The second-order valence-corrected chi connectivity index (χ2v) is 9.40. The number of benzene rings is 3. The molecule has 5 aromatic rings. The number of H-pyrrole nitrogens is 1. The van der Waals surface area contributed by atoms with E-state index in [1.165, 1.54) is 24.5 Å². The first-order valence-electron chi connectivity index (χ1n) is 12.3. The first kappa shape index (κ1) is 27.5. The SMILES string of the molecule is NC(=O)c1cc(-c2cccnc2[C@H](Cc2cc(F)cc(F)c2)NC(=O)Cc2c[nH]c3cc(F)c(F)cc23)ccc1F. The third-order valence-electron chi connectivity index (χ3n) is 6.57. The number of amides is 2. The number of nitrogens with zero attached hydrogens (tertiary/aromatic N) is 1. The highest BCUT2D eigenvalue weighted by Gasteiger charge is 2.23. The molecule has 208 valence electrons. The Kier molecular flexibility index (Phi) is 7.52. The van der Waals surface area contributed by atoms with Crippen molar-refractivity contribution in [2.24, 2.45) is 5.73 Å². The second-order valence-electron chi connectivity index (χ2n) is 9.40. The standard InChI is InChI=1S/C30H21F5N4O2/c31-18-6-15(7-19(32)11-18)8-27(39-28(40)10-17-14-38-26-13-25(35)24(34)12-21(17)26)29-20(2-1-5-37-29)16-3-4-23(33)22(9-16)30(36)41/h1-7,9,11-14,27,38H,8,10H2,(H2,36,41)(H,39,40)/t27-/m0/s1. The van der Waals surface area contributed by atoms with Crippen molar-refractivity contribution in [1.29, 1.82) is 0 Å². The van der Waals surface area contributed by atoms with Gasteiger partial charge in [0.15, 0.2) is 11.6 Å². The molecule has 0 unspecified atom stereocenters. The Morgan fingerprint density at radius 3 is 2.37 bits per heavy atom. The van der Waals surface area contributed by atoms with Crippen molar-refractivity contribution in [3.05, 3.63) is 125 Å². The van der Waals surface area contributed by atoms with Gasteiger partial charge in [-0.1, -0.05) is 12.1 Å². The molecule has 2 aromatic heterocycles. The smallest absolute Gasteiger partial charge is 0.251 e. The van der Waals surface area contributed by atoms with Crippen molar-refractivity contribution >= 4 is 22.7 Å². The Balaban J connectivity index is 1.53. The van der Waals surface area contributed by atoms with Gasteiger partial charge in [0.05, 0.1) is 23.7 Å². The van der Waals surface area contributed by atoms with E-state index in [1.54, 1.807) is 12.1 Å². The second kappa shape index (κ2) is 11.2. The fourth-order valence-electron chi connectivity index (χ4n) is 4.74. The van der Waals surface area contributed by atoms with Crippen LogP contribution in [0.1, 0.15) is 33.2 Å². The van der Waals surface area contributed by atoms with Gasteiger partial charge in [-0.2, -0.15) is 0 Å². The van der Waals surface area contributed by atoms with Gasteiger partial charge in [-0.15, -0.1) is 0 Å². The number of hydrogen-bond donors (Lipinski definition) is 3. The van der Waals surface area contributed by atoms with Gasteiger partial charge in [-0.25, -0.2) is 22.0 Å². The van der Waals surface area contributed by atoms with Gasteiger partial charge < -0.3 is 16.0 Å². The zero-order valence-electron chi connectivity index (χ0n) is 21.2. The fraction of sp³-hybridized carbons (Fsp3) is 0.100. The normalized spacial score (nSPS) is 11.9. The molecule has 0 aliphatic rings. The van der Waals surface area contributed by atoms with Crippen molar-refractivity contribution < 1.29 is 31.5 Å². The summed E-state index contributed by atoms with van der Waals surface area (Å²) in [4.78, 5) is 32.2. The number of aromatic nitrogens is 2. The summed E-state index contributed by atoms with van der Waals surface area (Å²) in [6.07, 6.45) is 2.56. The van der Waals surface area contributed by atoms with E-state index in [0.29, 0.717) is 33.7 Å². The van der Waals surface area contributed by atoms with Crippen molar-refractivity contribution in [2.75, 3.05) is 0 Å². The maximum absolute atomic E-state index is 14.2. The van der Waals surface area contributed by atoms with E-state index in [4.69, 9.17) is 5.73 Å². The average molecular weight is 565 g/mol. The molecule has 1 atom stereocenters. The van der Waals surface area contributed by atoms with Gasteiger partial charge in [0.25, 0.3) is 5.91 Å². The molecule has 0 bridgehead atoms. The molecule has 5 rings (SSSR count). The summed E-state index contributed by atoms with van der Waals surface area (Å²) >= 11 is 0. The van der Waals surface area contributed by atoms with Gasteiger partial charge in [-0.3, -0.25) is 14.6 Å². The van der Waals surface area contributed by atoms with E-state index in [9.17, 15) is 31.5 Å². The number of halogens is 5. The summed E-state index contributed by atoms with van der Waals surface area (Å²) in [6, 6.07) is 10.9. The molecule has 0 saturated carbocycles. The lowest BCUT2D eigenvalue weighted by atomic mass is 9.94. The average Bonchev–Trinajstić information content (AvgIpc) is 3.28. The van der Waals surface area contributed by atoms with Gasteiger partial charge in [0.1, 0.15) is 17.5 Å². The maximum atomic E-state index is 14.2. The maximum Gasteiger partial charge on any atom is 0.251 e. The van der Waals surface area contributed by atoms with Gasteiger partial charge in [0.2, 0.25) is 5.91 Å². The first-order chi connectivity index (χ1) is 19.6. The number of carbonyl (C=O) groups is 2. The van der Waals surface area contributed by atoms with Crippen LogP contribution in [-0.2, 0) is 17.6 Å². The fourth-order valence-corrected chi connectivity index (χ4v) is 4.74. The lowest BCUT2D eigenvalue weighted by Gasteiger charge is -2.22. The molecule has 0 aliphatic heterocycles. The Morgan fingerprint density at radius 1 is 0.902 bits per heavy atom. The van der Waals surface area contributed by atoms with E-state index in [0.717, 1.165) is 30.3 Å². The van der Waals surface area contributed by atoms with Crippen LogP contribution >= 0.6 is 0 Å². The molecule has 0 aliphatic carbocycles. The summed E-state index contributed by atoms with van der Waals surface area (Å²) in [5.74, 6) is -6.09. The van der Waals surface area contributed by atoms with E-state index in [-0.39, 0.29) is 29.7 Å². The van der Waals surface area contributed by atoms with Crippen LogP contribution in [0.3, 0.4) is 0 Å². The molecule has 0 saturated heterocycles. The lowest BCUT2D eigenvalue weighted by molar-refractivity contribution is -0.121. The quantitative estimate of drug-likeness (QED) is 0.212. The summed E-state index contributed by atoms with van der Waals surface area (Å²) in [5, 5.41) is 3.13. The number of pyridine rings is 1. The summed E-state index contributed by atoms with van der Waals surface area (Å²) in [6.45, 7) is 0. The number of carbonyl (C=O) groups excluding carboxylic acids is 2. The zero-order chi connectivity index (χ0) is 29.3. The number of nitrogens with one attached hydrogen (secondary N) is 2. The van der Waals surface area contributed by atoms with Crippen LogP contribution in [0.15, 0.2) is 73.1 Å². The number of fused-ring (bicyclic) bond motifs is 1. The first-order valence-corrected chi connectivity index (χ1v) is 12.3. The molecule has 0 fully saturated rings. The molecule has 3 aromatic carbocycles. The van der Waals surface area contributed by atoms with E-state index < -0.39 is 46.9 Å². The molecule has 6 nitrogen and oxygen atoms in total.